The van der Waals surface area contributed by atoms with Crippen LogP contribution in [0.1, 0.15) is 12.6 Å². The summed E-state index contributed by atoms with van der Waals surface area (Å²) in [6.45, 7) is 4.02. The van der Waals surface area contributed by atoms with Gasteiger partial charge in [-0.1, -0.05) is 18.2 Å². The first-order valence-corrected chi connectivity index (χ1v) is 6.17. The molecular weight excluding hydrogens is 238 g/mol. The standard InChI is InChI=1S/C15H17N3O/c1-11-7-8-12-5-4-6-13(14(12)18-11)19-10-15(2,9-16)17-3/h4-8,17H,10H2,1-3H3. The lowest BCUT2D eigenvalue weighted by Gasteiger charge is -2.21. The van der Waals surface area contributed by atoms with Gasteiger partial charge in [-0.3, -0.25) is 5.32 Å². The molecule has 0 amide bonds. The molecule has 0 saturated carbocycles. The normalized spacial score (nSPS) is 13.8. The van der Waals surface area contributed by atoms with Gasteiger partial charge in [0.15, 0.2) is 0 Å². The number of rotatable bonds is 4. The van der Waals surface area contributed by atoms with E-state index in [0.717, 1.165) is 16.6 Å². The molecule has 1 aromatic heterocycles. The lowest BCUT2D eigenvalue weighted by molar-refractivity contribution is 0.244. The van der Waals surface area contributed by atoms with Crippen molar-refractivity contribution >= 4 is 10.9 Å². The molecule has 1 atom stereocenters. The minimum Gasteiger partial charge on any atom is -0.488 e. The van der Waals surface area contributed by atoms with Crippen LogP contribution >= 0.6 is 0 Å². The van der Waals surface area contributed by atoms with Crippen molar-refractivity contribution in [2.45, 2.75) is 19.4 Å². The quantitative estimate of drug-likeness (QED) is 0.911. The highest BCUT2D eigenvalue weighted by Crippen LogP contribution is 2.24. The Morgan fingerprint density at radius 1 is 1.37 bits per heavy atom. The van der Waals surface area contributed by atoms with Crippen molar-refractivity contribution < 1.29 is 4.74 Å². The number of pyridine rings is 1. The molecule has 0 aliphatic heterocycles. The molecule has 0 radical (unpaired) electrons. The number of aromatic nitrogens is 1. The van der Waals surface area contributed by atoms with Crippen molar-refractivity contribution in [2.75, 3.05) is 13.7 Å². The third kappa shape index (κ3) is 2.83. The first-order chi connectivity index (χ1) is 9.08. The Morgan fingerprint density at radius 2 is 2.16 bits per heavy atom. The average molecular weight is 255 g/mol. The molecule has 0 aliphatic rings. The van der Waals surface area contributed by atoms with E-state index in [-0.39, 0.29) is 6.61 Å². The molecule has 2 rings (SSSR count). The van der Waals surface area contributed by atoms with Crippen LogP contribution < -0.4 is 10.1 Å². The van der Waals surface area contributed by atoms with E-state index in [1.165, 1.54) is 0 Å². The predicted octanol–water partition coefficient (Wildman–Crippen LogP) is 2.42. The summed E-state index contributed by atoms with van der Waals surface area (Å²) >= 11 is 0. The Hall–Kier alpha value is -2.12. The largest absolute Gasteiger partial charge is 0.488 e. The van der Waals surface area contributed by atoms with Crippen molar-refractivity contribution in [3.8, 4) is 11.8 Å². The zero-order valence-corrected chi connectivity index (χ0v) is 11.4. The van der Waals surface area contributed by atoms with E-state index >= 15 is 0 Å². The number of likely N-dealkylation sites (N-methyl/N-ethyl adjacent to an activating group) is 1. The van der Waals surface area contributed by atoms with E-state index in [1.54, 1.807) is 14.0 Å². The fourth-order valence-electron chi connectivity index (χ4n) is 1.72. The average Bonchev–Trinajstić information content (AvgIpc) is 2.44. The summed E-state index contributed by atoms with van der Waals surface area (Å²) in [7, 11) is 1.75. The summed E-state index contributed by atoms with van der Waals surface area (Å²) in [5.74, 6) is 0.706. The Labute approximate surface area is 113 Å². The second-order valence-electron chi connectivity index (χ2n) is 4.76. The van der Waals surface area contributed by atoms with Crippen molar-refractivity contribution in [1.82, 2.24) is 10.3 Å². The molecule has 1 unspecified atom stereocenters. The Morgan fingerprint density at radius 3 is 2.84 bits per heavy atom. The number of hydrogen-bond donors (Lipinski definition) is 1. The van der Waals surface area contributed by atoms with Crippen LogP contribution in [0.5, 0.6) is 5.75 Å². The summed E-state index contributed by atoms with van der Waals surface area (Å²) < 4.78 is 5.77. The zero-order valence-electron chi connectivity index (χ0n) is 11.4. The zero-order chi connectivity index (χ0) is 13.9. The van der Waals surface area contributed by atoms with Gasteiger partial charge in [0, 0.05) is 11.1 Å². The fourth-order valence-corrected chi connectivity index (χ4v) is 1.72. The van der Waals surface area contributed by atoms with Crippen molar-refractivity contribution in [1.29, 1.82) is 5.26 Å². The molecule has 0 aliphatic carbocycles. The Balaban J connectivity index is 2.31. The molecule has 0 bridgehead atoms. The second kappa shape index (κ2) is 5.25. The fraction of sp³-hybridized carbons (Fsp3) is 0.333. The van der Waals surface area contributed by atoms with Crippen LogP contribution in [-0.4, -0.2) is 24.2 Å². The number of benzene rings is 1. The maximum absolute atomic E-state index is 9.11. The SMILES string of the molecule is CNC(C)(C#N)COc1cccc2ccc(C)nc12. The smallest absolute Gasteiger partial charge is 0.145 e. The lowest BCUT2D eigenvalue weighted by Crippen LogP contribution is -2.43. The van der Waals surface area contributed by atoms with E-state index in [1.807, 2.05) is 37.3 Å². The van der Waals surface area contributed by atoms with Crippen molar-refractivity contribution in [3.63, 3.8) is 0 Å². The molecular formula is C15H17N3O. The van der Waals surface area contributed by atoms with Crippen LogP contribution in [-0.2, 0) is 0 Å². The maximum Gasteiger partial charge on any atom is 0.145 e. The number of para-hydroxylation sites is 1. The van der Waals surface area contributed by atoms with Gasteiger partial charge in [0.2, 0.25) is 0 Å². The van der Waals surface area contributed by atoms with Crippen molar-refractivity contribution in [3.05, 3.63) is 36.0 Å². The summed E-state index contributed by atoms with van der Waals surface area (Å²) in [5, 5.41) is 13.1. The Bertz CT molecular complexity index is 633. The monoisotopic (exact) mass is 255 g/mol. The van der Waals surface area contributed by atoms with E-state index < -0.39 is 5.54 Å². The van der Waals surface area contributed by atoms with E-state index in [4.69, 9.17) is 10.00 Å². The van der Waals surface area contributed by atoms with Gasteiger partial charge in [0.05, 0.1) is 6.07 Å². The third-order valence-corrected chi connectivity index (χ3v) is 3.14. The Kier molecular flexibility index (Phi) is 3.68. The number of ether oxygens (including phenoxy) is 1. The van der Waals surface area contributed by atoms with Gasteiger partial charge in [-0.15, -0.1) is 0 Å². The summed E-state index contributed by atoms with van der Waals surface area (Å²) in [4.78, 5) is 4.50. The number of aryl methyl sites for hydroxylation is 1. The van der Waals surface area contributed by atoms with Crippen LogP contribution in [0.4, 0.5) is 0 Å². The number of hydrogen-bond acceptors (Lipinski definition) is 4. The highest BCUT2D eigenvalue weighted by Gasteiger charge is 2.22. The summed E-state index contributed by atoms with van der Waals surface area (Å²) in [6, 6.07) is 12.0. The van der Waals surface area contributed by atoms with Crippen LogP contribution in [0, 0.1) is 18.3 Å². The maximum atomic E-state index is 9.11. The van der Waals surface area contributed by atoms with Gasteiger partial charge in [-0.2, -0.15) is 5.26 Å². The molecule has 2 aromatic rings. The van der Waals surface area contributed by atoms with E-state index in [0.29, 0.717) is 5.75 Å². The molecule has 0 fully saturated rings. The molecule has 19 heavy (non-hydrogen) atoms. The van der Waals surface area contributed by atoms with Gasteiger partial charge in [-0.25, -0.2) is 4.98 Å². The number of fused-ring (bicyclic) bond motifs is 1. The minimum absolute atomic E-state index is 0.273. The van der Waals surface area contributed by atoms with Gasteiger partial charge >= 0.3 is 0 Å². The van der Waals surface area contributed by atoms with Gasteiger partial charge in [0.1, 0.15) is 23.4 Å². The van der Waals surface area contributed by atoms with E-state index in [9.17, 15) is 0 Å². The summed E-state index contributed by atoms with van der Waals surface area (Å²) in [5.41, 5.74) is 1.07. The summed E-state index contributed by atoms with van der Waals surface area (Å²) in [6.07, 6.45) is 0. The van der Waals surface area contributed by atoms with E-state index in [2.05, 4.69) is 16.4 Å². The molecule has 4 nitrogen and oxygen atoms in total. The predicted molar refractivity (Wildman–Crippen MR) is 75.1 cm³/mol. The highest BCUT2D eigenvalue weighted by molar-refractivity contribution is 5.84. The molecule has 1 heterocycles. The third-order valence-electron chi connectivity index (χ3n) is 3.14. The second-order valence-corrected chi connectivity index (χ2v) is 4.76. The number of nitrogens with one attached hydrogen (secondary N) is 1. The van der Waals surface area contributed by atoms with Gasteiger partial charge in [0.25, 0.3) is 0 Å². The topological polar surface area (TPSA) is 57.9 Å². The van der Waals surface area contributed by atoms with Gasteiger partial charge < -0.3 is 4.74 Å². The molecule has 1 N–H and O–H groups in total. The molecule has 0 saturated heterocycles. The number of nitrogens with zero attached hydrogens (tertiary/aromatic N) is 2. The van der Waals surface area contributed by atoms with Crippen LogP contribution in [0.25, 0.3) is 10.9 Å². The van der Waals surface area contributed by atoms with Crippen LogP contribution in [0.3, 0.4) is 0 Å². The minimum atomic E-state index is -0.702. The first kappa shape index (κ1) is 13.3. The van der Waals surface area contributed by atoms with Crippen LogP contribution in [0.2, 0.25) is 0 Å². The molecule has 1 aromatic carbocycles. The molecule has 98 valence electrons. The van der Waals surface area contributed by atoms with Crippen LogP contribution in [0.15, 0.2) is 30.3 Å². The molecule has 0 spiro atoms. The first-order valence-electron chi connectivity index (χ1n) is 6.17. The molecule has 4 heteroatoms. The van der Waals surface area contributed by atoms with Gasteiger partial charge in [-0.05, 0) is 33.0 Å². The highest BCUT2D eigenvalue weighted by atomic mass is 16.5. The van der Waals surface area contributed by atoms with Crippen molar-refractivity contribution in [2.24, 2.45) is 0 Å². The number of nitriles is 1. The lowest BCUT2D eigenvalue weighted by atomic mass is 10.1.